The summed E-state index contributed by atoms with van der Waals surface area (Å²) in [5, 5.41) is 9.06. The van der Waals surface area contributed by atoms with Gasteiger partial charge < -0.3 is 5.11 Å². The van der Waals surface area contributed by atoms with Crippen LogP contribution in [0, 0.1) is 6.92 Å². The molecule has 1 heterocycles. The van der Waals surface area contributed by atoms with Crippen LogP contribution in [0.3, 0.4) is 0 Å². The Morgan fingerprint density at radius 2 is 2.36 bits per heavy atom. The quantitative estimate of drug-likeness (QED) is 0.691. The molecule has 0 saturated carbocycles. The lowest BCUT2D eigenvalue weighted by Crippen LogP contribution is -2.05. The lowest BCUT2D eigenvalue weighted by molar-refractivity contribution is 0.194. The van der Waals surface area contributed by atoms with Gasteiger partial charge in [-0.2, -0.15) is 0 Å². The van der Waals surface area contributed by atoms with Crippen LogP contribution in [0.2, 0.25) is 0 Å². The molecule has 1 N–H and O–H groups in total. The topological polar surface area (TPSA) is 33.1 Å². The highest BCUT2D eigenvalue weighted by atomic mass is 16.3. The molecule has 0 spiro atoms. The van der Waals surface area contributed by atoms with Crippen molar-refractivity contribution in [3.8, 4) is 0 Å². The van der Waals surface area contributed by atoms with Gasteiger partial charge in [0.2, 0.25) is 0 Å². The van der Waals surface area contributed by atoms with Crippen LogP contribution in [0.25, 0.3) is 0 Å². The van der Waals surface area contributed by atoms with Crippen LogP contribution >= 0.6 is 0 Å². The van der Waals surface area contributed by atoms with E-state index in [-0.39, 0.29) is 6.10 Å². The molecule has 1 atom stereocenters. The van der Waals surface area contributed by atoms with E-state index in [1.165, 1.54) is 5.56 Å². The van der Waals surface area contributed by atoms with Crippen LogP contribution in [0.4, 0.5) is 0 Å². The van der Waals surface area contributed by atoms with E-state index in [9.17, 15) is 0 Å². The van der Waals surface area contributed by atoms with E-state index in [0.29, 0.717) is 6.42 Å². The van der Waals surface area contributed by atoms with Gasteiger partial charge >= 0.3 is 0 Å². The standard InChI is InChI=1S/C9H13NO/c1-7-3-4-10-9(5-7)6-8(2)11/h3-5,8,11H,6H2,1-2H3/t8-/m1/s1. The molecular weight excluding hydrogens is 138 g/mol. The van der Waals surface area contributed by atoms with Crippen molar-refractivity contribution in [2.45, 2.75) is 26.4 Å². The van der Waals surface area contributed by atoms with Gasteiger partial charge in [0.25, 0.3) is 0 Å². The Kier molecular flexibility index (Phi) is 2.60. The van der Waals surface area contributed by atoms with E-state index in [0.717, 1.165) is 5.69 Å². The van der Waals surface area contributed by atoms with Crippen molar-refractivity contribution in [2.75, 3.05) is 0 Å². The first-order valence-corrected chi connectivity index (χ1v) is 3.78. The second kappa shape index (κ2) is 3.49. The summed E-state index contributed by atoms with van der Waals surface area (Å²) < 4.78 is 0. The minimum Gasteiger partial charge on any atom is -0.393 e. The fourth-order valence-corrected chi connectivity index (χ4v) is 1.01. The Hall–Kier alpha value is -0.890. The Labute approximate surface area is 66.9 Å². The van der Waals surface area contributed by atoms with Gasteiger partial charge in [0.05, 0.1) is 6.10 Å². The van der Waals surface area contributed by atoms with E-state index < -0.39 is 0 Å². The van der Waals surface area contributed by atoms with Crippen molar-refractivity contribution in [3.05, 3.63) is 29.6 Å². The molecule has 0 aliphatic carbocycles. The summed E-state index contributed by atoms with van der Waals surface area (Å²) in [6.07, 6.45) is 2.11. The highest BCUT2D eigenvalue weighted by Crippen LogP contribution is 2.02. The zero-order chi connectivity index (χ0) is 8.27. The third-order valence-electron chi connectivity index (χ3n) is 1.48. The zero-order valence-corrected chi connectivity index (χ0v) is 6.91. The van der Waals surface area contributed by atoms with Crippen molar-refractivity contribution in [3.63, 3.8) is 0 Å². The van der Waals surface area contributed by atoms with Gasteiger partial charge in [-0.05, 0) is 31.5 Å². The molecule has 0 aliphatic rings. The van der Waals surface area contributed by atoms with Crippen LogP contribution in [0.1, 0.15) is 18.2 Å². The SMILES string of the molecule is Cc1ccnc(C[C@@H](C)O)c1. The summed E-state index contributed by atoms with van der Waals surface area (Å²) in [5.74, 6) is 0. The molecule has 0 bridgehead atoms. The molecule has 11 heavy (non-hydrogen) atoms. The molecule has 1 aromatic heterocycles. The highest BCUT2D eigenvalue weighted by molar-refractivity contribution is 5.14. The number of hydrogen-bond acceptors (Lipinski definition) is 2. The lowest BCUT2D eigenvalue weighted by Gasteiger charge is -2.02. The normalized spacial score (nSPS) is 13.0. The monoisotopic (exact) mass is 151 g/mol. The van der Waals surface area contributed by atoms with E-state index in [2.05, 4.69) is 4.98 Å². The molecule has 0 saturated heterocycles. The van der Waals surface area contributed by atoms with Crippen molar-refractivity contribution < 1.29 is 5.11 Å². The van der Waals surface area contributed by atoms with E-state index in [1.807, 2.05) is 19.1 Å². The highest BCUT2D eigenvalue weighted by Gasteiger charge is 1.98. The fourth-order valence-electron chi connectivity index (χ4n) is 1.01. The molecular formula is C9H13NO. The number of aliphatic hydroxyl groups excluding tert-OH is 1. The average Bonchev–Trinajstić information content (AvgIpc) is 1.85. The number of aliphatic hydroxyl groups is 1. The first-order valence-electron chi connectivity index (χ1n) is 3.78. The average molecular weight is 151 g/mol. The Bertz CT molecular complexity index is 233. The fraction of sp³-hybridized carbons (Fsp3) is 0.444. The third kappa shape index (κ3) is 2.68. The molecule has 0 amide bonds. The zero-order valence-electron chi connectivity index (χ0n) is 6.91. The van der Waals surface area contributed by atoms with Crippen LogP contribution in [0.15, 0.2) is 18.3 Å². The number of nitrogens with zero attached hydrogens (tertiary/aromatic N) is 1. The maximum absolute atomic E-state index is 9.06. The predicted molar refractivity (Wildman–Crippen MR) is 44.4 cm³/mol. The first-order chi connectivity index (χ1) is 5.18. The summed E-state index contributed by atoms with van der Waals surface area (Å²) in [6.45, 7) is 3.79. The molecule has 2 heteroatoms. The molecule has 2 nitrogen and oxygen atoms in total. The van der Waals surface area contributed by atoms with Gasteiger partial charge in [0, 0.05) is 18.3 Å². The number of aryl methyl sites for hydroxylation is 1. The van der Waals surface area contributed by atoms with Gasteiger partial charge in [-0.3, -0.25) is 4.98 Å². The summed E-state index contributed by atoms with van der Waals surface area (Å²) >= 11 is 0. The van der Waals surface area contributed by atoms with E-state index in [1.54, 1.807) is 13.1 Å². The molecule has 0 aromatic carbocycles. The minimum absolute atomic E-state index is 0.302. The maximum atomic E-state index is 9.06. The van der Waals surface area contributed by atoms with Crippen LogP contribution < -0.4 is 0 Å². The summed E-state index contributed by atoms with van der Waals surface area (Å²) in [4.78, 5) is 4.12. The second-order valence-electron chi connectivity index (χ2n) is 2.88. The van der Waals surface area contributed by atoms with Crippen molar-refractivity contribution >= 4 is 0 Å². The summed E-state index contributed by atoms with van der Waals surface area (Å²) in [7, 11) is 0. The predicted octanol–water partition coefficient (Wildman–Crippen LogP) is 1.31. The Balaban J connectivity index is 2.71. The number of hydrogen-bond donors (Lipinski definition) is 1. The molecule has 0 radical (unpaired) electrons. The summed E-state index contributed by atoms with van der Waals surface area (Å²) in [5.41, 5.74) is 2.15. The van der Waals surface area contributed by atoms with Crippen LogP contribution in [0.5, 0.6) is 0 Å². The largest absolute Gasteiger partial charge is 0.393 e. The Morgan fingerprint density at radius 1 is 1.64 bits per heavy atom. The van der Waals surface area contributed by atoms with Gasteiger partial charge in [0.15, 0.2) is 0 Å². The second-order valence-corrected chi connectivity index (χ2v) is 2.88. The molecule has 60 valence electrons. The van der Waals surface area contributed by atoms with Gasteiger partial charge in [-0.25, -0.2) is 0 Å². The third-order valence-corrected chi connectivity index (χ3v) is 1.48. The van der Waals surface area contributed by atoms with Gasteiger partial charge in [-0.1, -0.05) is 0 Å². The Morgan fingerprint density at radius 3 is 2.91 bits per heavy atom. The van der Waals surface area contributed by atoms with Crippen LogP contribution in [-0.2, 0) is 6.42 Å². The number of rotatable bonds is 2. The smallest absolute Gasteiger partial charge is 0.0567 e. The van der Waals surface area contributed by atoms with E-state index in [4.69, 9.17) is 5.11 Å². The van der Waals surface area contributed by atoms with Crippen molar-refractivity contribution in [1.82, 2.24) is 4.98 Å². The maximum Gasteiger partial charge on any atom is 0.0567 e. The van der Waals surface area contributed by atoms with Crippen molar-refractivity contribution in [1.29, 1.82) is 0 Å². The summed E-state index contributed by atoms with van der Waals surface area (Å²) in [6, 6.07) is 3.94. The first kappa shape index (κ1) is 8.21. The van der Waals surface area contributed by atoms with Gasteiger partial charge in [-0.15, -0.1) is 0 Å². The van der Waals surface area contributed by atoms with Crippen LogP contribution in [-0.4, -0.2) is 16.2 Å². The molecule has 1 aromatic rings. The van der Waals surface area contributed by atoms with Gasteiger partial charge in [0.1, 0.15) is 0 Å². The molecule has 1 rings (SSSR count). The molecule has 0 aliphatic heterocycles. The molecule has 0 fully saturated rings. The van der Waals surface area contributed by atoms with Crippen molar-refractivity contribution in [2.24, 2.45) is 0 Å². The lowest BCUT2D eigenvalue weighted by atomic mass is 10.1. The van der Waals surface area contributed by atoms with E-state index >= 15 is 0 Å². The number of pyridine rings is 1. The molecule has 0 unspecified atom stereocenters. The number of aromatic nitrogens is 1. The minimum atomic E-state index is -0.302.